The fourth-order valence-corrected chi connectivity index (χ4v) is 2.96. The van der Waals surface area contributed by atoms with Gasteiger partial charge in [0.1, 0.15) is 0 Å². The summed E-state index contributed by atoms with van der Waals surface area (Å²) < 4.78 is 38.5. The predicted molar refractivity (Wildman–Crippen MR) is 79.9 cm³/mol. The molecule has 1 saturated heterocycles. The van der Waals surface area contributed by atoms with Crippen LogP contribution in [0.5, 0.6) is 0 Å². The molecule has 1 fully saturated rings. The number of likely N-dealkylation sites (tertiary alicyclic amines) is 1. The number of carbonyl (C=O) groups is 1. The van der Waals surface area contributed by atoms with Crippen molar-refractivity contribution in [1.82, 2.24) is 4.90 Å². The summed E-state index contributed by atoms with van der Waals surface area (Å²) in [5, 5.41) is 11.6. The third-order valence-electron chi connectivity index (χ3n) is 4.35. The second-order valence-electron chi connectivity index (χ2n) is 5.91. The van der Waals surface area contributed by atoms with Crippen LogP contribution in [0.25, 0.3) is 10.8 Å². The Balaban J connectivity index is 1.78. The van der Waals surface area contributed by atoms with Crippen LogP contribution in [-0.4, -0.2) is 40.8 Å². The van der Waals surface area contributed by atoms with Crippen molar-refractivity contribution in [2.75, 3.05) is 13.1 Å². The Morgan fingerprint density at radius 1 is 1.17 bits per heavy atom. The molecule has 1 heterocycles. The molecule has 2 aromatic carbocycles. The predicted octanol–water partition coefficient (Wildman–Crippen LogP) is 2.91. The van der Waals surface area contributed by atoms with Crippen molar-refractivity contribution in [1.29, 1.82) is 0 Å². The van der Waals surface area contributed by atoms with Crippen LogP contribution in [0, 0.1) is 0 Å². The largest absolute Gasteiger partial charge is 0.419 e. The van der Waals surface area contributed by atoms with Gasteiger partial charge in [0, 0.05) is 13.0 Å². The standard InChI is InChI=1S/C17H16F3NO2/c18-17(19,20)16(23)8-9-21(11-16)15(22)10-13-6-3-5-12-4-1-2-7-14(12)13/h1-7,23H,8-11H2/t16-/m1/s1. The molecule has 3 nitrogen and oxygen atoms in total. The number of rotatable bonds is 2. The fourth-order valence-electron chi connectivity index (χ4n) is 2.96. The summed E-state index contributed by atoms with van der Waals surface area (Å²) >= 11 is 0. The van der Waals surface area contributed by atoms with Crippen molar-refractivity contribution in [3.63, 3.8) is 0 Å². The highest BCUT2D eigenvalue weighted by Gasteiger charge is 2.57. The van der Waals surface area contributed by atoms with E-state index in [4.69, 9.17) is 0 Å². The van der Waals surface area contributed by atoms with Gasteiger partial charge < -0.3 is 10.0 Å². The van der Waals surface area contributed by atoms with E-state index in [2.05, 4.69) is 0 Å². The van der Waals surface area contributed by atoms with Gasteiger partial charge in [-0.1, -0.05) is 42.5 Å². The molecule has 122 valence electrons. The molecule has 1 aliphatic heterocycles. The summed E-state index contributed by atoms with van der Waals surface area (Å²) in [5.74, 6) is -0.401. The summed E-state index contributed by atoms with van der Waals surface area (Å²) in [7, 11) is 0. The van der Waals surface area contributed by atoms with Crippen molar-refractivity contribution >= 4 is 16.7 Å². The fraction of sp³-hybridized carbons (Fsp3) is 0.353. The number of halogens is 3. The second kappa shape index (κ2) is 5.53. The first-order valence-corrected chi connectivity index (χ1v) is 7.34. The highest BCUT2D eigenvalue weighted by molar-refractivity contribution is 5.90. The van der Waals surface area contributed by atoms with E-state index in [-0.39, 0.29) is 13.0 Å². The van der Waals surface area contributed by atoms with E-state index >= 15 is 0 Å². The second-order valence-corrected chi connectivity index (χ2v) is 5.91. The zero-order valence-electron chi connectivity index (χ0n) is 12.3. The molecule has 0 aromatic heterocycles. The molecule has 2 aromatic rings. The van der Waals surface area contributed by atoms with Crippen LogP contribution >= 0.6 is 0 Å². The molecule has 1 N–H and O–H groups in total. The van der Waals surface area contributed by atoms with Crippen LogP contribution in [0.15, 0.2) is 42.5 Å². The van der Waals surface area contributed by atoms with Gasteiger partial charge in [-0.3, -0.25) is 4.79 Å². The number of aliphatic hydroxyl groups is 1. The van der Waals surface area contributed by atoms with Crippen molar-refractivity contribution in [2.45, 2.75) is 24.6 Å². The third kappa shape index (κ3) is 2.91. The first kappa shape index (κ1) is 15.8. The zero-order valence-corrected chi connectivity index (χ0v) is 12.3. The maximum absolute atomic E-state index is 12.8. The smallest absolute Gasteiger partial charge is 0.379 e. The lowest BCUT2D eigenvalue weighted by molar-refractivity contribution is -0.253. The number of benzene rings is 2. The van der Waals surface area contributed by atoms with Gasteiger partial charge in [-0.2, -0.15) is 13.2 Å². The molecule has 1 amide bonds. The van der Waals surface area contributed by atoms with Gasteiger partial charge >= 0.3 is 6.18 Å². The minimum Gasteiger partial charge on any atom is -0.379 e. The number of carbonyl (C=O) groups excluding carboxylic acids is 1. The zero-order chi connectivity index (χ0) is 16.7. The minimum absolute atomic E-state index is 0.0231. The summed E-state index contributed by atoms with van der Waals surface area (Å²) in [6, 6.07) is 13.1. The van der Waals surface area contributed by atoms with E-state index in [1.165, 1.54) is 0 Å². The number of amides is 1. The lowest BCUT2D eigenvalue weighted by Gasteiger charge is -2.26. The quantitative estimate of drug-likeness (QED) is 0.923. The Labute approximate surface area is 131 Å². The van der Waals surface area contributed by atoms with Crippen molar-refractivity contribution in [2.24, 2.45) is 0 Å². The van der Waals surface area contributed by atoms with Crippen LogP contribution in [0.2, 0.25) is 0 Å². The molecular formula is C17H16F3NO2. The number of nitrogens with zero attached hydrogens (tertiary/aromatic N) is 1. The van der Waals surface area contributed by atoms with E-state index in [0.29, 0.717) is 0 Å². The number of hydrogen-bond donors (Lipinski definition) is 1. The Morgan fingerprint density at radius 3 is 2.57 bits per heavy atom. The molecule has 0 radical (unpaired) electrons. The maximum Gasteiger partial charge on any atom is 0.419 e. The summed E-state index contributed by atoms with van der Waals surface area (Å²) in [5.41, 5.74) is -2.02. The molecule has 3 rings (SSSR count). The molecule has 0 unspecified atom stereocenters. The number of β-amino-alcohol motifs (C(OH)–C–C–N with tert-alkyl or cyclic N) is 1. The first-order chi connectivity index (χ1) is 10.8. The topological polar surface area (TPSA) is 40.5 Å². The Hall–Kier alpha value is -2.08. The summed E-state index contributed by atoms with van der Waals surface area (Å²) in [4.78, 5) is 13.4. The molecule has 1 aliphatic rings. The first-order valence-electron chi connectivity index (χ1n) is 7.34. The van der Waals surface area contributed by atoms with Crippen LogP contribution in [0.4, 0.5) is 13.2 Å². The van der Waals surface area contributed by atoms with Gasteiger partial charge in [0.25, 0.3) is 0 Å². The van der Waals surface area contributed by atoms with Gasteiger partial charge in [-0.25, -0.2) is 0 Å². The maximum atomic E-state index is 12.8. The molecule has 6 heteroatoms. The molecule has 0 spiro atoms. The molecule has 0 aliphatic carbocycles. The van der Waals surface area contributed by atoms with Gasteiger partial charge in [0.15, 0.2) is 5.60 Å². The highest BCUT2D eigenvalue weighted by Crippen LogP contribution is 2.37. The van der Waals surface area contributed by atoms with Crippen LogP contribution < -0.4 is 0 Å². The van der Waals surface area contributed by atoms with E-state index < -0.39 is 30.7 Å². The Kier molecular flexibility index (Phi) is 3.80. The lowest BCUT2D eigenvalue weighted by Crippen LogP contribution is -2.48. The normalized spacial score (nSPS) is 21.8. The average molecular weight is 323 g/mol. The van der Waals surface area contributed by atoms with Gasteiger partial charge in [0.05, 0.1) is 13.0 Å². The van der Waals surface area contributed by atoms with Gasteiger partial charge in [-0.05, 0) is 16.3 Å². The molecule has 23 heavy (non-hydrogen) atoms. The van der Waals surface area contributed by atoms with Crippen molar-refractivity contribution in [3.8, 4) is 0 Å². The van der Waals surface area contributed by atoms with Gasteiger partial charge in [-0.15, -0.1) is 0 Å². The lowest BCUT2D eigenvalue weighted by atomic mass is 10.0. The van der Waals surface area contributed by atoms with Crippen LogP contribution in [-0.2, 0) is 11.2 Å². The average Bonchev–Trinajstić information content (AvgIpc) is 2.91. The highest BCUT2D eigenvalue weighted by atomic mass is 19.4. The van der Waals surface area contributed by atoms with Crippen LogP contribution in [0.1, 0.15) is 12.0 Å². The number of alkyl halides is 3. The van der Waals surface area contributed by atoms with E-state index in [1.54, 1.807) is 6.07 Å². The molecule has 1 atom stereocenters. The molecule has 0 saturated carbocycles. The number of fused-ring (bicyclic) bond motifs is 1. The van der Waals surface area contributed by atoms with E-state index in [1.807, 2.05) is 36.4 Å². The SMILES string of the molecule is O=C(Cc1cccc2ccccc12)N1CC[C@](O)(C(F)(F)F)C1. The summed E-state index contributed by atoms with van der Waals surface area (Å²) in [6.45, 7) is -0.778. The molecular weight excluding hydrogens is 307 g/mol. The van der Waals surface area contributed by atoms with Crippen LogP contribution in [0.3, 0.4) is 0 Å². The summed E-state index contributed by atoms with van der Waals surface area (Å²) in [6.07, 6.45) is -5.17. The van der Waals surface area contributed by atoms with Gasteiger partial charge in [0.2, 0.25) is 5.91 Å². The molecule has 0 bridgehead atoms. The monoisotopic (exact) mass is 323 g/mol. The van der Waals surface area contributed by atoms with E-state index in [0.717, 1.165) is 21.2 Å². The minimum atomic E-state index is -4.72. The van der Waals surface area contributed by atoms with Crippen molar-refractivity contribution < 1.29 is 23.1 Å². The third-order valence-corrected chi connectivity index (χ3v) is 4.35. The Morgan fingerprint density at radius 2 is 1.87 bits per heavy atom. The van der Waals surface area contributed by atoms with E-state index in [9.17, 15) is 23.1 Å². The number of hydrogen-bond acceptors (Lipinski definition) is 2. The van der Waals surface area contributed by atoms with Crippen molar-refractivity contribution in [3.05, 3.63) is 48.0 Å². The Bertz CT molecular complexity index is 739.